The van der Waals surface area contributed by atoms with E-state index in [1.165, 1.54) is 4.90 Å². The smallest absolute Gasteiger partial charge is 0.291 e. The quantitative estimate of drug-likeness (QED) is 0.755. The molecule has 1 spiro atoms. The van der Waals surface area contributed by atoms with Gasteiger partial charge in [0.05, 0.1) is 5.69 Å². The normalized spacial score (nSPS) is 32.2. The molecule has 1 aromatic carbocycles. The second-order valence-corrected chi connectivity index (χ2v) is 9.65. The molecule has 0 aliphatic carbocycles. The number of carbonyl (C=O) groups excluding carboxylic acids is 3. The first kappa shape index (κ1) is 18.5. The van der Waals surface area contributed by atoms with Gasteiger partial charge in [-0.05, 0) is 38.8 Å². The molecule has 0 bridgehead atoms. The van der Waals surface area contributed by atoms with E-state index in [9.17, 15) is 14.4 Å². The molecule has 27 heavy (non-hydrogen) atoms. The molecule has 1 aromatic rings. The lowest BCUT2D eigenvalue weighted by atomic mass is 9.76. The van der Waals surface area contributed by atoms with E-state index < -0.39 is 22.9 Å². The van der Waals surface area contributed by atoms with E-state index >= 15 is 0 Å². The van der Waals surface area contributed by atoms with E-state index in [1.54, 1.807) is 11.8 Å². The lowest BCUT2D eigenvalue weighted by Crippen LogP contribution is -2.99. The number of imide groups is 1. The predicted octanol–water partition coefficient (Wildman–Crippen LogP) is 0.932. The van der Waals surface area contributed by atoms with Crippen LogP contribution in [-0.2, 0) is 19.9 Å². The van der Waals surface area contributed by atoms with Crippen LogP contribution in [0.15, 0.2) is 24.3 Å². The molecule has 6 nitrogen and oxygen atoms in total. The van der Waals surface area contributed by atoms with Crippen LogP contribution in [0.2, 0.25) is 0 Å². The van der Waals surface area contributed by atoms with Gasteiger partial charge in [0.1, 0.15) is 17.9 Å². The molecule has 2 saturated heterocycles. The molecule has 4 rings (SSSR count). The van der Waals surface area contributed by atoms with Gasteiger partial charge in [-0.1, -0.05) is 18.2 Å². The molecule has 2 fully saturated rings. The van der Waals surface area contributed by atoms with Crippen molar-refractivity contribution in [1.29, 1.82) is 0 Å². The van der Waals surface area contributed by atoms with Crippen LogP contribution in [0.5, 0.6) is 0 Å². The van der Waals surface area contributed by atoms with Crippen molar-refractivity contribution in [2.24, 2.45) is 11.8 Å². The monoisotopic (exact) mass is 388 g/mol. The number of hydrogen-bond donors (Lipinski definition) is 2. The van der Waals surface area contributed by atoms with Crippen LogP contribution in [0.25, 0.3) is 0 Å². The van der Waals surface area contributed by atoms with Gasteiger partial charge < -0.3 is 10.6 Å². The van der Waals surface area contributed by atoms with E-state index in [1.807, 2.05) is 56.6 Å². The van der Waals surface area contributed by atoms with Gasteiger partial charge in [-0.3, -0.25) is 19.3 Å². The Balaban J connectivity index is 1.87. The maximum absolute atomic E-state index is 13.5. The summed E-state index contributed by atoms with van der Waals surface area (Å²) < 4.78 is 0. The van der Waals surface area contributed by atoms with Crippen LogP contribution in [0.1, 0.15) is 32.8 Å². The fraction of sp³-hybridized carbons (Fsp3) is 0.550. The van der Waals surface area contributed by atoms with Crippen LogP contribution in [0, 0.1) is 11.8 Å². The van der Waals surface area contributed by atoms with Gasteiger partial charge in [0.15, 0.2) is 0 Å². The Bertz CT molecular complexity index is 834. The number of nitrogens with two attached hydrogens (primary N) is 1. The molecule has 3 aliphatic heterocycles. The summed E-state index contributed by atoms with van der Waals surface area (Å²) in [5, 5.41) is 4.96. The van der Waals surface area contributed by atoms with Crippen molar-refractivity contribution in [2.75, 3.05) is 17.3 Å². The summed E-state index contributed by atoms with van der Waals surface area (Å²) in [7, 11) is 0. The van der Waals surface area contributed by atoms with Gasteiger partial charge in [0, 0.05) is 17.5 Å². The standard InChI is InChI=1S/C20H25N3O3S/c1-19(2,3)23-16(24)14-13(9-10-27-4)22-20(15(14)17(23)25)11-7-5-6-8-12(11)21-18(20)26/h5-8,13-15,22H,9-10H2,1-4H3,(H,21,26)/p+1/t13-,14-,15-,20+/m1/s1. The van der Waals surface area contributed by atoms with Gasteiger partial charge in [0.25, 0.3) is 5.91 Å². The van der Waals surface area contributed by atoms with Crippen molar-refractivity contribution in [2.45, 2.75) is 44.3 Å². The fourth-order valence-electron chi connectivity index (χ4n) is 5.10. The minimum atomic E-state index is -1.04. The number of hydrogen-bond acceptors (Lipinski definition) is 4. The highest BCUT2D eigenvalue weighted by Gasteiger charge is 2.74. The molecule has 3 aliphatic rings. The van der Waals surface area contributed by atoms with E-state index in [-0.39, 0.29) is 23.8 Å². The molecular formula is C20H26N3O3S+. The van der Waals surface area contributed by atoms with Crippen molar-refractivity contribution in [3.8, 4) is 0 Å². The third-order valence-corrected chi connectivity index (χ3v) is 6.75. The van der Waals surface area contributed by atoms with Crippen molar-refractivity contribution in [1.82, 2.24) is 4.90 Å². The summed E-state index contributed by atoms with van der Waals surface area (Å²) in [6.07, 6.45) is 2.82. The topological polar surface area (TPSA) is 83.1 Å². The number of quaternary nitrogens is 1. The lowest BCUT2D eigenvalue weighted by Gasteiger charge is -2.33. The van der Waals surface area contributed by atoms with Gasteiger partial charge in [0.2, 0.25) is 17.4 Å². The zero-order valence-electron chi connectivity index (χ0n) is 16.1. The van der Waals surface area contributed by atoms with E-state index in [2.05, 4.69) is 5.32 Å². The fourth-order valence-corrected chi connectivity index (χ4v) is 5.61. The maximum Gasteiger partial charge on any atom is 0.291 e. The summed E-state index contributed by atoms with van der Waals surface area (Å²) >= 11 is 1.72. The molecular weight excluding hydrogens is 362 g/mol. The van der Waals surface area contributed by atoms with E-state index in [4.69, 9.17) is 0 Å². The number of anilines is 1. The van der Waals surface area contributed by atoms with Crippen LogP contribution in [0.4, 0.5) is 5.69 Å². The van der Waals surface area contributed by atoms with Gasteiger partial charge in [-0.15, -0.1) is 0 Å². The largest absolute Gasteiger partial charge is 0.326 e. The molecule has 4 atom stereocenters. The Morgan fingerprint density at radius 3 is 2.56 bits per heavy atom. The zero-order chi connectivity index (χ0) is 19.6. The van der Waals surface area contributed by atoms with Crippen molar-refractivity contribution in [3.63, 3.8) is 0 Å². The summed E-state index contributed by atoms with van der Waals surface area (Å²) in [6.45, 7) is 5.62. The minimum Gasteiger partial charge on any atom is -0.326 e. The Morgan fingerprint density at radius 2 is 1.89 bits per heavy atom. The second kappa shape index (κ2) is 6.07. The molecule has 144 valence electrons. The molecule has 3 amide bonds. The van der Waals surface area contributed by atoms with Gasteiger partial charge in [-0.25, -0.2) is 0 Å². The summed E-state index contributed by atoms with van der Waals surface area (Å²) in [6, 6.07) is 7.46. The average Bonchev–Trinajstić information content (AvgIpc) is 3.17. The second-order valence-electron chi connectivity index (χ2n) is 8.67. The van der Waals surface area contributed by atoms with Crippen molar-refractivity contribution >= 4 is 35.2 Å². The molecule has 0 unspecified atom stereocenters. The molecule has 0 radical (unpaired) electrons. The number of thioether (sulfide) groups is 1. The number of benzene rings is 1. The summed E-state index contributed by atoms with van der Waals surface area (Å²) in [5.74, 6) is -0.746. The van der Waals surface area contributed by atoms with Crippen LogP contribution in [-0.4, -0.2) is 46.2 Å². The summed E-state index contributed by atoms with van der Waals surface area (Å²) in [5.41, 5.74) is -0.0684. The molecule has 0 saturated carbocycles. The number of para-hydroxylation sites is 1. The van der Waals surface area contributed by atoms with Gasteiger partial charge >= 0.3 is 0 Å². The van der Waals surface area contributed by atoms with Crippen LogP contribution in [0.3, 0.4) is 0 Å². The lowest BCUT2D eigenvalue weighted by molar-refractivity contribution is -0.733. The Labute approximate surface area is 163 Å². The molecule has 0 aromatic heterocycles. The average molecular weight is 389 g/mol. The number of nitrogens with one attached hydrogen (secondary N) is 1. The maximum atomic E-state index is 13.5. The van der Waals surface area contributed by atoms with E-state index in [0.717, 1.165) is 23.4 Å². The number of fused-ring (bicyclic) bond motifs is 4. The first-order valence-corrected chi connectivity index (χ1v) is 10.8. The molecule has 7 heteroatoms. The highest BCUT2D eigenvalue weighted by Crippen LogP contribution is 2.50. The number of carbonyl (C=O) groups is 3. The number of likely N-dealkylation sites (tertiary alicyclic amines) is 1. The highest BCUT2D eigenvalue weighted by molar-refractivity contribution is 7.98. The number of rotatable bonds is 3. The predicted molar refractivity (Wildman–Crippen MR) is 104 cm³/mol. The minimum absolute atomic E-state index is 0.0804. The highest BCUT2D eigenvalue weighted by atomic mass is 32.2. The van der Waals surface area contributed by atoms with Gasteiger partial charge in [-0.2, -0.15) is 11.8 Å². The van der Waals surface area contributed by atoms with E-state index in [0.29, 0.717) is 0 Å². The molecule has 3 heterocycles. The van der Waals surface area contributed by atoms with Crippen molar-refractivity contribution < 1.29 is 19.7 Å². The van der Waals surface area contributed by atoms with Crippen molar-refractivity contribution in [3.05, 3.63) is 29.8 Å². The number of amides is 3. The first-order valence-electron chi connectivity index (χ1n) is 9.37. The Morgan fingerprint density at radius 1 is 1.19 bits per heavy atom. The molecule has 3 N–H and O–H groups in total. The zero-order valence-corrected chi connectivity index (χ0v) is 16.9. The number of nitrogens with zero attached hydrogens (tertiary/aromatic N) is 1. The third kappa shape index (κ3) is 2.41. The first-order chi connectivity index (χ1) is 12.7. The Kier molecular flexibility index (Phi) is 4.16. The summed E-state index contributed by atoms with van der Waals surface area (Å²) in [4.78, 5) is 41.4. The van der Waals surface area contributed by atoms with Crippen LogP contribution < -0.4 is 10.6 Å². The Hall–Kier alpha value is -1.86. The van der Waals surface area contributed by atoms with Crippen LogP contribution >= 0.6 is 11.8 Å². The third-order valence-electron chi connectivity index (χ3n) is 6.10. The SMILES string of the molecule is CSCC[C@H]1[NH2+][C@]2(C(=O)Nc3ccccc32)[C@H]2C(=O)N(C(C)(C)C)C(=O)[C@H]12.